The smallest absolute Gasteiger partial charge is 0.348 e. The number of nitrogens with zero attached hydrogens (tertiary/aromatic N) is 1. The molecule has 10 nitrogen and oxygen atoms in total. The molecule has 1 aliphatic carbocycles. The van der Waals surface area contributed by atoms with E-state index in [4.69, 9.17) is 9.47 Å². The quantitative estimate of drug-likeness (QED) is 0.517. The van der Waals surface area contributed by atoms with Gasteiger partial charge in [-0.25, -0.2) is 14.4 Å². The van der Waals surface area contributed by atoms with Gasteiger partial charge in [0.1, 0.15) is 22.0 Å². The van der Waals surface area contributed by atoms with Gasteiger partial charge in [0.15, 0.2) is 0 Å². The molecule has 2 N–H and O–H groups in total. The van der Waals surface area contributed by atoms with E-state index in [0.29, 0.717) is 12.0 Å². The van der Waals surface area contributed by atoms with Gasteiger partial charge < -0.3 is 20.1 Å². The normalized spacial score (nSPS) is 23.0. The zero-order valence-corrected chi connectivity index (χ0v) is 18.6. The molecule has 1 aromatic heterocycles. The lowest BCUT2D eigenvalue weighted by Crippen LogP contribution is -2.54. The Morgan fingerprint density at radius 1 is 1.19 bits per heavy atom. The van der Waals surface area contributed by atoms with Crippen LogP contribution in [0.4, 0.5) is 9.80 Å². The molecule has 0 aromatic carbocycles. The van der Waals surface area contributed by atoms with Crippen molar-refractivity contribution in [1.82, 2.24) is 10.2 Å². The summed E-state index contributed by atoms with van der Waals surface area (Å²) in [5.74, 6) is -2.50. The van der Waals surface area contributed by atoms with E-state index in [2.05, 4.69) is 10.6 Å². The molecule has 11 heteroatoms. The number of anilines is 1. The van der Waals surface area contributed by atoms with Gasteiger partial charge >= 0.3 is 18.0 Å². The minimum atomic E-state index is -0.968. The maximum Gasteiger partial charge on any atom is 0.348 e. The zero-order valence-electron chi connectivity index (χ0n) is 17.8. The molecule has 1 saturated heterocycles. The number of amides is 4. The molecule has 0 radical (unpaired) electrons. The predicted octanol–water partition coefficient (Wildman–Crippen LogP) is 2.07. The minimum absolute atomic E-state index is 0.0239. The molecule has 2 atom stereocenters. The number of esters is 2. The summed E-state index contributed by atoms with van der Waals surface area (Å²) in [5, 5.41) is 5.41. The summed E-state index contributed by atoms with van der Waals surface area (Å²) in [6, 6.07) is -0.611. The molecular weight excluding hydrogens is 426 g/mol. The molecule has 0 unspecified atom stereocenters. The highest BCUT2D eigenvalue weighted by Gasteiger charge is 2.55. The average molecular weight is 452 g/mol. The second kappa shape index (κ2) is 8.66. The number of rotatable bonds is 5. The maximum atomic E-state index is 13.0. The summed E-state index contributed by atoms with van der Waals surface area (Å²) in [6.45, 7) is 2.95. The van der Waals surface area contributed by atoms with E-state index in [0.717, 1.165) is 35.5 Å². The number of imide groups is 1. The predicted molar refractivity (Wildman–Crippen MR) is 111 cm³/mol. The van der Waals surface area contributed by atoms with Crippen LogP contribution in [-0.2, 0) is 19.1 Å². The van der Waals surface area contributed by atoms with E-state index in [-0.39, 0.29) is 21.4 Å². The van der Waals surface area contributed by atoms with Crippen LogP contribution in [0.1, 0.15) is 58.2 Å². The van der Waals surface area contributed by atoms with E-state index in [1.165, 1.54) is 21.1 Å². The number of carbonyl (C=O) groups is 5. The number of methoxy groups -OCH3 is 2. The van der Waals surface area contributed by atoms with E-state index in [1.54, 1.807) is 0 Å². The molecule has 0 bridgehead atoms. The van der Waals surface area contributed by atoms with Crippen molar-refractivity contribution in [3.63, 3.8) is 0 Å². The van der Waals surface area contributed by atoms with Gasteiger partial charge in [-0.1, -0.05) is 19.8 Å². The lowest BCUT2D eigenvalue weighted by molar-refractivity contribution is -0.136. The molecule has 1 aliphatic heterocycles. The Balaban J connectivity index is 1.81. The van der Waals surface area contributed by atoms with Gasteiger partial charge in [-0.15, -0.1) is 11.3 Å². The molecule has 1 aromatic rings. The Hall–Kier alpha value is -2.95. The number of hydrogen-bond acceptors (Lipinski definition) is 8. The Kier molecular flexibility index (Phi) is 6.35. The summed E-state index contributed by atoms with van der Waals surface area (Å²) in [4.78, 5) is 63.4. The lowest BCUT2D eigenvalue weighted by atomic mass is 9.73. The largest absolute Gasteiger partial charge is 0.465 e. The first-order valence-electron chi connectivity index (χ1n) is 9.90. The van der Waals surface area contributed by atoms with Crippen LogP contribution < -0.4 is 10.6 Å². The molecule has 2 heterocycles. The highest BCUT2D eigenvalue weighted by Crippen LogP contribution is 2.38. The molecule has 4 amide bonds. The van der Waals surface area contributed by atoms with Crippen molar-refractivity contribution in [2.75, 3.05) is 26.1 Å². The maximum absolute atomic E-state index is 13.0. The second-order valence-electron chi connectivity index (χ2n) is 7.73. The Labute approximate surface area is 183 Å². The van der Waals surface area contributed by atoms with Gasteiger partial charge in [-0.05, 0) is 31.2 Å². The standard InChI is InChI=1S/C20H25N3O7S/c1-10-7-5-6-8-20(10)18(27)23(19(28)22-20)9-12(24)21-15-13(16(25)29-3)11(2)14(31-15)17(26)30-4/h10H,5-9H2,1-4H3,(H,21,24)(H,22,28)/t10-,20+/m1/s1. The Bertz CT molecular complexity index is 957. The monoisotopic (exact) mass is 451 g/mol. The van der Waals surface area contributed by atoms with Gasteiger partial charge in [-0.2, -0.15) is 0 Å². The number of nitrogens with one attached hydrogen (secondary N) is 2. The fraction of sp³-hybridized carbons (Fsp3) is 0.550. The lowest BCUT2D eigenvalue weighted by Gasteiger charge is -2.36. The highest BCUT2D eigenvalue weighted by molar-refractivity contribution is 7.18. The van der Waals surface area contributed by atoms with E-state index in [9.17, 15) is 24.0 Å². The van der Waals surface area contributed by atoms with E-state index in [1.807, 2.05) is 6.92 Å². The molecular formula is C20H25N3O7S. The fourth-order valence-electron chi connectivity index (χ4n) is 4.19. The molecule has 2 aliphatic rings. The van der Waals surface area contributed by atoms with Crippen LogP contribution in [0.15, 0.2) is 0 Å². The van der Waals surface area contributed by atoms with E-state index < -0.39 is 41.9 Å². The molecule has 2 fully saturated rings. The minimum Gasteiger partial charge on any atom is -0.465 e. The number of hydrogen-bond donors (Lipinski definition) is 2. The van der Waals surface area contributed by atoms with Crippen molar-refractivity contribution in [2.24, 2.45) is 5.92 Å². The van der Waals surface area contributed by atoms with Crippen molar-refractivity contribution in [1.29, 1.82) is 0 Å². The van der Waals surface area contributed by atoms with E-state index >= 15 is 0 Å². The molecule has 3 rings (SSSR count). The molecule has 31 heavy (non-hydrogen) atoms. The van der Waals surface area contributed by atoms with Crippen molar-refractivity contribution in [3.05, 3.63) is 16.0 Å². The average Bonchev–Trinajstić information content (AvgIpc) is 3.18. The van der Waals surface area contributed by atoms with Gasteiger partial charge in [-0.3, -0.25) is 14.5 Å². The molecule has 168 valence electrons. The third kappa shape index (κ3) is 3.89. The van der Waals surface area contributed by atoms with Crippen LogP contribution in [0, 0.1) is 12.8 Å². The summed E-state index contributed by atoms with van der Waals surface area (Å²) < 4.78 is 9.47. The fourth-order valence-corrected chi connectivity index (χ4v) is 5.31. The summed E-state index contributed by atoms with van der Waals surface area (Å²) in [7, 11) is 2.39. The summed E-state index contributed by atoms with van der Waals surface area (Å²) in [6.07, 6.45) is 3.17. The van der Waals surface area contributed by atoms with Gasteiger partial charge in [0, 0.05) is 0 Å². The topological polar surface area (TPSA) is 131 Å². The first-order valence-corrected chi connectivity index (χ1v) is 10.7. The number of carbonyl (C=O) groups excluding carboxylic acids is 5. The van der Waals surface area contributed by atoms with Crippen molar-refractivity contribution in [3.8, 4) is 0 Å². The third-order valence-corrected chi connectivity index (χ3v) is 7.15. The summed E-state index contributed by atoms with van der Waals surface area (Å²) in [5.41, 5.74) is -0.635. The van der Waals surface area contributed by atoms with Crippen molar-refractivity contribution >= 4 is 46.1 Å². The van der Waals surface area contributed by atoms with Crippen molar-refractivity contribution in [2.45, 2.75) is 45.1 Å². The first-order chi connectivity index (χ1) is 14.7. The Morgan fingerprint density at radius 2 is 1.87 bits per heavy atom. The SMILES string of the molecule is COC(=O)c1sc(NC(=O)CN2C(=O)N[C@]3(CCCC[C@H]3C)C2=O)c(C(=O)OC)c1C. The second-order valence-corrected chi connectivity index (χ2v) is 8.75. The number of thiophene rings is 1. The number of ether oxygens (including phenoxy) is 2. The Morgan fingerprint density at radius 3 is 2.48 bits per heavy atom. The summed E-state index contributed by atoms with van der Waals surface area (Å²) >= 11 is 0.861. The molecule has 1 spiro atoms. The first kappa shape index (κ1) is 22.7. The van der Waals surface area contributed by atoms with Crippen LogP contribution in [0.3, 0.4) is 0 Å². The van der Waals surface area contributed by atoms with Gasteiger partial charge in [0.2, 0.25) is 5.91 Å². The van der Waals surface area contributed by atoms with Crippen LogP contribution in [0.25, 0.3) is 0 Å². The highest BCUT2D eigenvalue weighted by atomic mass is 32.1. The van der Waals surface area contributed by atoms with Crippen LogP contribution in [0.5, 0.6) is 0 Å². The van der Waals surface area contributed by atoms with Crippen LogP contribution in [0.2, 0.25) is 0 Å². The molecule has 1 saturated carbocycles. The third-order valence-electron chi connectivity index (χ3n) is 5.96. The van der Waals surface area contributed by atoms with Crippen molar-refractivity contribution < 1.29 is 33.4 Å². The van der Waals surface area contributed by atoms with Gasteiger partial charge in [0.05, 0.1) is 19.8 Å². The number of urea groups is 1. The zero-order chi connectivity index (χ0) is 22.9. The van der Waals surface area contributed by atoms with Crippen LogP contribution >= 0.6 is 11.3 Å². The van der Waals surface area contributed by atoms with Gasteiger partial charge in [0.25, 0.3) is 5.91 Å². The van der Waals surface area contributed by atoms with Crippen LogP contribution in [-0.4, -0.2) is 61.0 Å².